The molecule has 1 saturated carbocycles. The van der Waals surface area contributed by atoms with Crippen molar-refractivity contribution in [3.63, 3.8) is 0 Å². The Hall–Kier alpha value is -2.94. The summed E-state index contributed by atoms with van der Waals surface area (Å²) >= 11 is 1.59. The minimum Gasteiger partial charge on any atom is -0.402 e. The number of aryl methyl sites for hydroxylation is 1. The first-order valence-electron chi connectivity index (χ1n) is 10.4. The molecule has 4 rings (SSSR count). The molecular formula is C23H24F3N5S. The van der Waals surface area contributed by atoms with Crippen molar-refractivity contribution in [2.24, 2.45) is 5.73 Å². The van der Waals surface area contributed by atoms with E-state index in [1.807, 2.05) is 31.3 Å². The van der Waals surface area contributed by atoms with Gasteiger partial charge in [0.15, 0.2) is 0 Å². The molecule has 0 aliphatic heterocycles. The van der Waals surface area contributed by atoms with E-state index in [1.165, 1.54) is 6.42 Å². The van der Waals surface area contributed by atoms with E-state index in [-0.39, 0.29) is 11.4 Å². The number of rotatable bonds is 5. The van der Waals surface area contributed by atoms with E-state index >= 15 is 0 Å². The molecular weight excluding hydrogens is 435 g/mol. The van der Waals surface area contributed by atoms with Gasteiger partial charge < -0.3 is 11.1 Å². The van der Waals surface area contributed by atoms with Crippen LogP contribution in [0.3, 0.4) is 0 Å². The SMILES string of the molecule is C=C(N)C1(c2ncc(-c3cc(C)cc(Nc4nccc(C(F)(F)F)n4)c3)s2)CCCCC1. The number of halogens is 3. The molecule has 0 radical (unpaired) electrons. The summed E-state index contributed by atoms with van der Waals surface area (Å²) in [6, 6.07) is 6.55. The Kier molecular flexibility index (Phi) is 5.94. The average molecular weight is 460 g/mol. The Labute approximate surface area is 188 Å². The summed E-state index contributed by atoms with van der Waals surface area (Å²) in [6.07, 6.45) is 3.68. The summed E-state index contributed by atoms with van der Waals surface area (Å²) in [4.78, 5) is 13.2. The molecule has 1 fully saturated rings. The lowest BCUT2D eigenvalue weighted by Gasteiger charge is -2.35. The summed E-state index contributed by atoms with van der Waals surface area (Å²) in [7, 11) is 0. The molecule has 0 amide bonds. The molecule has 32 heavy (non-hydrogen) atoms. The van der Waals surface area contributed by atoms with Crippen LogP contribution in [0.4, 0.5) is 24.8 Å². The van der Waals surface area contributed by atoms with Crippen molar-refractivity contribution in [1.82, 2.24) is 15.0 Å². The Morgan fingerprint density at radius 1 is 1.16 bits per heavy atom. The molecule has 1 aromatic carbocycles. The fourth-order valence-corrected chi connectivity index (χ4v) is 5.35. The van der Waals surface area contributed by atoms with Gasteiger partial charge in [-0.25, -0.2) is 15.0 Å². The van der Waals surface area contributed by atoms with E-state index in [4.69, 9.17) is 10.7 Å². The summed E-state index contributed by atoms with van der Waals surface area (Å²) in [5, 5.41) is 3.86. The monoisotopic (exact) mass is 459 g/mol. The Morgan fingerprint density at radius 3 is 2.59 bits per heavy atom. The number of benzene rings is 1. The van der Waals surface area contributed by atoms with Crippen LogP contribution in [0, 0.1) is 6.92 Å². The first-order valence-corrected chi connectivity index (χ1v) is 11.2. The highest BCUT2D eigenvalue weighted by Crippen LogP contribution is 2.45. The summed E-state index contributed by atoms with van der Waals surface area (Å²) < 4.78 is 38.9. The highest BCUT2D eigenvalue weighted by molar-refractivity contribution is 7.15. The summed E-state index contributed by atoms with van der Waals surface area (Å²) in [6.45, 7) is 5.97. The second kappa shape index (κ2) is 8.54. The van der Waals surface area contributed by atoms with Crippen LogP contribution in [0.5, 0.6) is 0 Å². The van der Waals surface area contributed by atoms with Crippen molar-refractivity contribution in [3.8, 4) is 10.4 Å². The zero-order chi connectivity index (χ0) is 22.9. The molecule has 0 atom stereocenters. The Morgan fingerprint density at radius 2 is 1.91 bits per heavy atom. The van der Waals surface area contributed by atoms with E-state index in [0.29, 0.717) is 11.4 Å². The van der Waals surface area contributed by atoms with Gasteiger partial charge in [-0.1, -0.05) is 31.9 Å². The van der Waals surface area contributed by atoms with Gasteiger partial charge in [-0.2, -0.15) is 13.2 Å². The van der Waals surface area contributed by atoms with Gasteiger partial charge in [-0.15, -0.1) is 11.3 Å². The normalized spacial score (nSPS) is 16.0. The van der Waals surface area contributed by atoms with Crippen LogP contribution < -0.4 is 11.1 Å². The van der Waals surface area contributed by atoms with Gasteiger partial charge in [0.25, 0.3) is 0 Å². The zero-order valence-corrected chi connectivity index (χ0v) is 18.5. The minimum absolute atomic E-state index is 0.109. The van der Waals surface area contributed by atoms with Gasteiger partial charge in [0.2, 0.25) is 5.95 Å². The molecule has 1 aliphatic rings. The lowest BCUT2D eigenvalue weighted by Crippen LogP contribution is -2.34. The van der Waals surface area contributed by atoms with Crippen LogP contribution in [-0.4, -0.2) is 15.0 Å². The van der Waals surface area contributed by atoms with Crippen molar-refractivity contribution in [2.45, 2.75) is 50.6 Å². The standard InChI is InChI=1S/C23H24F3N5S/c1-14-10-16(12-17(11-14)30-21-28-9-6-19(31-21)23(24,25)26)18-13-29-20(32-18)22(15(2)27)7-4-3-5-8-22/h6,9-13H,2-5,7-8,27H2,1H3,(H,28,30,31). The van der Waals surface area contributed by atoms with Crippen molar-refractivity contribution >= 4 is 23.0 Å². The predicted molar refractivity (Wildman–Crippen MR) is 121 cm³/mol. The van der Waals surface area contributed by atoms with Crippen LogP contribution in [-0.2, 0) is 11.6 Å². The molecule has 3 N–H and O–H groups in total. The average Bonchev–Trinajstić information content (AvgIpc) is 3.24. The van der Waals surface area contributed by atoms with Crippen molar-refractivity contribution in [2.75, 3.05) is 5.32 Å². The molecule has 0 bridgehead atoms. The smallest absolute Gasteiger partial charge is 0.402 e. The van der Waals surface area contributed by atoms with Crippen LogP contribution in [0.1, 0.15) is 48.4 Å². The number of nitrogens with two attached hydrogens (primary N) is 1. The van der Waals surface area contributed by atoms with E-state index in [1.54, 1.807) is 11.3 Å². The lowest BCUT2D eigenvalue weighted by molar-refractivity contribution is -0.141. The number of hydrogen-bond donors (Lipinski definition) is 2. The fraction of sp³-hybridized carbons (Fsp3) is 0.348. The molecule has 0 saturated heterocycles. The maximum atomic E-state index is 13.0. The highest BCUT2D eigenvalue weighted by atomic mass is 32.1. The first-order chi connectivity index (χ1) is 15.2. The van der Waals surface area contributed by atoms with Crippen LogP contribution >= 0.6 is 11.3 Å². The number of allylic oxidation sites excluding steroid dienone is 1. The first kappa shape index (κ1) is 22.3. The minimum atomic E-state index is -4.53. The number of aromatic nitrogens is 3. The van der Waals surface area contributed by atoms with Gasteiger partial charge in [0.05, 0.1) is 10.3 Å². The topological polar surface area (TPSA) is 76.7 Å². The van der Waals surface area contributed by atoms with Crippen molar-refractivity contribution in [1.29, 1.82) is 0 Å². The Balaban J connectivity index is 1.64. The van der Waals surface area contributed by atoms with Crippen LogP contribution in [0.2, 0.25) is 0 Å². The number of thiazole rings is 1. The maximum absolute atomic E-state index is 13.0. The predicted octanol–water partition coefficient (Wildman–Crippen LogP) is 6.35. The molecule has 168 valence electrons. The molecule has 2 heterocycles. The molecule has 9 heteroatoms. The van der Waals surface area contributed by atoms with Gasteiger partial charge in [-0.3, -0.25) is 0 Å². The van der Waals surface area contributed by atoms with Gasteiger partial charge in [-0.05, 0) is 49.1 Å². The van der Waals surface area contributed by atoms with Crippen LogP contribution in [0.25, 0.3) is 10.4 Å². The van der Waals surface area contributed by atoms with E-state index in [9.17, 15) is 13.2 Å². The second-order valence-electron chi connectivity index (χ2n) is 8.17. The maximum Gasteiger partial charge on any atom is 0.433 e. The number of hydrogen-bond acceptors (Lipinski definition) is 6. The number of alkyl halides is 3. The summed E-state index contributed by atoms with van der Waals surface area (Å²) in [5.41, 5.74) is 8.08. The van der Waals surface area contributed by atoms with Gasteiger partial charge >= 0.3 is 6.18 Å². The number of nitrogens with zero attached hydrogens (tertiary/aromatic N) is 3. The summed E-state index contributed by atoms with van der Waals surface area (Å²) in [5.74, 6) is -0.109. The number of anilines is 2. The largest absolute Gasteiger partial charge is 0.433 e. The third kappa shape index (κ3) is 4.48. The third-order valence-electron chi connectivity index (χ3n) is 5.80. The molecule has 3 aromatic rings. The zero-order valence-electron chi connectivity index (χ0n) is 17.7. The lowest BCUT2D eigenvalue weighted by atomic mass is 9.72. The highest BCUT2D eigenvalue weighted by Gasteiger charge is 2.38. The third-order valence-corrected chi connectivity index (χ3v) is 7.05. The molecule has 5 nitrogen and oxygen atoms in total. The van der Waals surface area contributed by atoms with Gasteiger partial charge in [0.1, 0.15) is 10.7 Å². The van der Waals surface area contributed by atoms with Crippen molar-refractivity contribution in [3.05, 3.63) is 65.2 Å². The van der Waals surface area contributed by atoms with Crippen molar-refractivity contribution < 1.29 is 13.2 Å². The quantitative estimate of drug-likeness (QED) is 0.465. The Bertz CT molecular complexity index is 1130. The number of nitrogens with one attached hydrogen (secondary N) is 1. The molecule has 1 aliphatic carbocycles. The van der Waals surface area contributed by atoms with E-state index in [0.717, 1.165) is 59.0 Å². The molecule has 0 spiro atoms. The van der Waals surface area contributed by atoms with Crippen LogP contribution in [0.15, 0.2) is 48.9 Å². The fourth-order valence-electron chi connectivity index (χ4n) is 4.16. The van der Waals surface area contributed by atoms with E-state index < -0.39 is 11.9 Å². The second-order valence-corrected chi connectivity index (χ2v) is 9.20. The van der Waals surface area contributed by atoms with E-state index in [2.05, 4.69) is 21.9 Å². The molecule has 0 unspecified atom stereocenters. The molecule has 2 aromatic heterocycles. The van der Waals surface area contributed by atoms with Gasteiger partial charge in [0, 0.05) is 23.8 Å².